The van der Waals surface area contributed by atoms with Gasteiger partial charge in [-0.2, -0.15) is 4.31 Å². The smallest absolute Gasteiger partial charge is 0.326 e. The van der Waals surface area contributed by atoms with Gasteiger partial charge in [-0.3, -0.25) is 14.9 Å². The molecule has 0 aliphatic carbocycles. The summed E-state index contributed by atoms with van der Waals surface area (Å²) < 4.78 is 37.3. The zero-order valence-electron chi connectivity index (χ0n) is 13.5. The fourth-order valence-electron chi connectivity index (χ4n) is 2.38. The van der Waals surface area contributed by atoms with Crippen molar-refractivity contribution in [3.63, 3.8) is 0 Å². The maximum atomic E-state index is 13.0. The maximum absolute atomic E-state index is 13.0. The lowest BCUT2D eigenvalue weighted by molar-refractivity contribution is -0.384. The topological polar surface area (TPSA) is 116 Å². The number of methoxy groups -OCH3 is 1. The van der Waals surface area contributed by atoms with Crippen molar-refractivity contribution in [1.82, 2.24) is 4.31 Å². The lowest BCUT2D eigenvalue weighted by atomic mass is 10.1. The zero-order chi connectivity index (χ0) is 18.8. The molecule has 138 valence electrons. The molecule has 0 aromatic heterocycles. The van der Waals surface area contributed by atoms with E-state index < -0.39 is 32.6 Å². The van der Waals surface area contributed by atoms with Crippen LogP contribution in [0.3, 0.4) is 0 Å². The van der Waals surface area contributed by atoms with Crippen molar-refractivity contribution >= 4 is 37.6 Å². The largest absolute Gasteiger partial charge is 0.468 e. The number of esters is 1. The van der Waals surface area contributed by atoms with Gasteiger partial charge in [0.25, 0.3) is 5.69 Å². The summed E-state index contributed by atoms with van der Waals surface area (Å²) in [6.45, 7) is 1.49. The first-order valence-electron chi connectivity index (χ1n) is 7.19. The van der Waals surface area contributed by atoms with Gasteiger partial charge in [0.1, 0.15) is 6.04 Å². The molecule has 1 heterocycles. The van der Waals surface area contributed by atoms with E-state index in [1.54, 1.807) is 6.92 Å². The van der Waals surface area contributed by atoms with Crippen molar-refractivity contribution in [3.05, 3.63) is 34.4 Å². The second-order valence-electron chi connectivity index (χ2n) is 5.73. The minimum Gasteiger partial charge on any atom is -0.468 e. The molecule has 25 heavy (non-hydrogen) atoms. The van der Waals surface area contributed by atoms with E-state index in [9.17, 15) is 23.3 Å². The number of ether oxygens (including phenoxy) is 2. The predicted molar refractivity (Wildman–Crippen MR) is 90.9 cm³/mol. The van der Waals surface area contributed by atoms with Crippen LogP contribution in [0.2, 0.25) is 0 Å². The number of alkyl halides is 1. The Morgan fingerprint density at radius 1 is 1.48 bits per heavy atom. The number of carbonyl (C=O) groups is 1. The first-order chi connectivity index (χ1) is 11.6. The van der Waals surface area contributed by atoms with Crippen LogP contribution in [-0.4, -0.2) is 60.9 Å². The van der Waals surface area contributed by atoms with E-state index in [4.69, 9.17) is 4.74 Å². The van der Waals surface area contributed by atoms with Gasteiger partial charge in [0.15, 0.2) is 0 Å². The van der Waals surface area contributed by atoms with E-state index in [1.807, 2.05) is 0 Å². The molecular weight excluding hydrogens is 420 g/mol. The summed E-state index contributed by atoms with van der Waals surface area (Å²) in [6, 6.07) is 3.36. The Bertz CT molecular complexity index is 768. The molecule has 2 atom stereocenters. The van der Waals surface area contributed by atoms with Crippen molar-refractivity contribution in [3.8, 4) is 0 Å². The molecule has 0 saturated carbocycles. The third-order valence-electron chi connectivity index (χ3n) is 3.84. The third-order valence-corrected chi connectivity index (χ3v) is 6.89. The first-order valence-corrected chi connectivity index (χ1v) is 9.75. The molecule has 9 nitrogen and oxygen atoms in total. The van der Waals surface area contributed by atoms with Crippen LogP contribution >= 0.6 is 15.9 Å². The molecule has 0 spiro atoms. The van der Waals surface area contributed by atoms with Gasteiger partial charge in [-0.25, -0.2) is 8.42 Å². The van der Waals surface area contributed by atoms with E-state index in [0.29, 0.717) is 5.33 Å². The van der Waals surface area contributed by atoms with E-state index in [-0.39, 0.29) is 23.7 Å². The second kappa shape index (κ2) is 7.36. The Morgan fingerprint density at radius 2 is 2.08 bits per heavy atom. The molecule has 0 radical (unpaired) electrons. The number of hydrogen-bond acceptors (Lipinski definition) is 7. The highest BCUT2D eigenvalue weighted by atomic mass is 79.9. The van der Waals surface area contributed by atoms with E-state index in [1.165, 1.54) is 0 Å². The molecule has 1 aromatic carbocycles. The molecule has 0 unspecified atom stereocenters. The summed E-state index contributed by atoms with van der Waals surface area (Å²) >= 11 is 3.28. The van der Waals surface area contributed by atoms with Crippen LogP contribution in [0.1, 0.15) is 6.92 Å². The van der Waals surface area contributed by atoms with Gasteiger partial charge in [-0.1, -0.05) is 15.9 Å². The average Bonchev–Trinajstić information content (AvgIpc) is 2.61. The maximum Gasteiger partial charge on any atom is 0.326 e. The molecule has 1 aromatic rings. The van der Waals surface area contributed by atoms with Gasteiger partial charge < -0.3 is 9.47 Å². The van der Waals surface area contributed by atoms with Crippen LogP contribution in [-0.2, 0) is 24.3 Å². The number of nitro benzene ring substituents is 1. The molecule has 0 amide bonds. The van der Waals surface area contributed by atoms with Crippen LogP contribution < -0.4 is 0 Å². The van der Waals surface area contributed by atoms with Crippen LogP contribution in [0.4, 0.5) is 5.69 Å². The standard InChI is InChI=1S/C14H17BrN2O7S/c1-14(8-15)9-16(12(7-24-14)13(18)23-2)25(21,22)11-5-3-10(4-6-11)17(19)20/h3-6,12H,7-9H2,1-2H3/t12-,14+/m0/s1. The molecule has 0 N–H and O–H groups in total. The monoisotopic (exact) mass is 436 g/mol. The third kappa shape index (κ3) is 4.00. The molecule has 0 bridgehead atoms. The molecule has 1 aliphatic heterocycles. The summed E-state index contributed by atoms with van der Waals surface area (Å²) in [5.41, 5.74) is -1.05. The molecule has 2 rings (SSSR count). The Morgan fingerprint density at radius 3 is 2.56 bits per heavy atom. The Hall–Kier alpha value is -1.56. The number of nitrogens with zero attached hydrogens (tertiary/aromatic N) is 2. The summed E-state index contributed by atoms with van der Waals surface area (Å²) in [4.78, 5) is 22.0. The Balaban J connectivity index is 2.43. The number of rotatable bonds is 5. The van der Waals surface area contributed by atoms with Gasteiger partial charge in [0.2, 0.25) is 10.0 Å². The summed E-state index contributed by atoms with van der Waals surface area (Å²) in [7, 11) is -2.92. The molecular formula is C14H17BrN2O7S. The average molecular weight is 437 g/mol. The van der Waals surface area contributed by atoms with Crippen LogP contribution in [0.25, 0.3) is 0 Å². The highest BCUT2D eigenvalue weighted by Crippen LogP contribution is 2.30. The fourth-order valence-corrected chi connectivity index (χ4v) is 4.39. The zero-order valence-corrected chi connectivity index (χ0v) is 15.9. The highest BCUT2D eigenvalue weighted by molar-refractivity contribution is 9.09. The fraction of sp³-hybridized carbons (Fsp3) is 0.500. The van der Waals surface area contributed by atoms with Crippen molar-refractivity contribution < 1.29 is 27.6 Å². The molecule has 11 heteroatoms. The van der Waals surface area contributed by atoms with Crippen molar-refractivity contribution in [2.75, 3.05) is 25.6 Å². The molecule has 1 aliphatic rings. The number of benzene rings is 1. The van der Waals surface area contributed by atoms with E-state index in [2.05, 4.69) is 20.7 Å². The first kappa shape index (κ1) is 19.8. The van der Waals surface area contributed by atoms with Gasteiger partial charge in [-0.05, 0) is 19.1 Å². The molecule has 1 fully saturated rings. The Kier molecular flexibility index (Phi) is 5.82. The van der Waals surface area contributed by atoms with Crippen molar-refractivity contribution in [2.24, 2.45) is 0 Å². The molecule has 1 saturated heterocycles. The van der Waals surface area contributed by atoms with Gasteiger partial charge in [0.05, 0.1) is 29.1 Å². The van der Waals surface area contributed by atoms with E-state index in [0.717, 1.165) is 35.7 Å². The van der Waals surface area contributed by atoms with Crippen molar-refractivity contribution in [1.29, 1.82) is 0 Å². The Labute approximate surface area is 153 Å². The summed E-state index contributed by atoms with van der Waals surface area (Å²) in [5.74, 6) is -0.734. The van der Waals surface area contributed by atoms with Gasteiger partial charge >= 0.3 is 5.97 Å². The van der Waals surface area contributed by atoms with Crippen LogP contribution in [0.5, 0.6) is 0 Å². The van der Waals surface area contributed by atoms with Crippen LogP contribution in [0.15, 0.2) is 29.2 Å². The number of non-ortho nitro benzene ring substituents is 1. The van der Waals surface area contributed by atoms with Gasteiger partial charge in [-0.15, -0.1) is 0 Å². The number of sulfonamides is 1. The van der Waals surface area contributed by atoms with Gasteiger partial charge in [0, 0.05) is 24.0 Å². The summed E-state index contributed by atoms with van der Waals surface area (Å²) in [5, 5.41) is 11.1. The summed E-state index contributed by atoms with van der Waals surface area (Å²) in [6.07, 6.45) is 0. The van der Waals surface area contributed by atoms with Crippen LogP contribution in [0, 0.1) is 10.1 Å². The van der Waals surface area contributed by atoms with Crippen molar-refractivity contribution in [2.45, 2.75) is 23.5 Å². The SMILES string of the molecule is COC(=O)[C@@H]1CO[C@](C)(CBr)CN1S(=O)(=O)c1ccc([N+](=O)[O-])cc1. The lowest BCUT2D eigenvalue weighted by Gasteiger charge is -2.42. The number of nitro groups is 1. The number of hydrogen-bond donors (Lipinski definition) is 0. The number of carbonyl (C=O) groups excluding carboxylic acids is 1. The van der Waals surface area contributed by atoms with E-state index >= 15 is 0 Å². The number of halogens is 1. The minimum atomic E-state index is -4.08. The second-order valence-corrected chi connectivity index (χ2v) is 8.19. The highest BCUT2D eigenvalue weighted by Gasteiger charge is 2.46. The lowest BCUT2D eigenvalue weighted by Crippen LogP contribution is -2.60. The quantitative estimate of drug-likeness (QED) is 0.295. The predicted octanol–water partition coefficient (Wildman–Crippen LogP) is 1.31. The minimum absolute atomic E-state index is 0.0721. The normalized spacial score (nSPS) is 24.7. The number of morpholine rings is 1.